The molecule has 3 aromatic rings. The molecule has 0 fully saturated rings. The summed E-state index contributed by atoms with van der Waals surface area (Å²) in [6, 6.07) is 18.7. The molecule has 164 valence electrons. The molecule has 4 rings (SSSR count). The summed E-state index contributed by atoms with van der Waals surface area (Å²) in [5.41, 5.74) is 1.98. The molecule has 1 aliphatic rings. The van der Waals surface area contributed by atoms with Gasteiger partial charge in [-0.1, -0.05) is 24.3 Å². The fourth-order valence-electron chi connectivity index (χ4n) is 3.40. The SMILES string of the molecule is CC(=O)c1cccc(NC(=O)COC(=O)c2ccc(N3C(=O)c4ccccc4C3=O)cc2)c1. The van der Waals surface area contributed by atoms with Gasteiger partial charge in [0.05, 0.1) is 22.4 Å². The fourth-order valence-corrected chi connectivity index (χ4v) is 3.40. The summed E-state index contributed by atoms with van der Waals surface area (Å²) in [6.07, 6.45) is 0. The van der Waals surface area contributed by atoms with E-state index >= 15 is 0 Å². The highest BCUT2D eigenvalue weighted by molar-refractivity contribution is 6.34. The lowest BCUT2D eigenvalue weighted by Crippen LogP contribution is -2.29. The standard InChI is InChI=1S/C25H18N2O6/c1-15(28)17-5-4-6-18(13-17)26-22(29)14-33-25(32)16-9-11-19(12-10-16)27-23(30)20-7-2-3-8-21(20)24(27)31/h2-13H,14H2,1H3,(H,26,29). The number of Topliss-reactive ketones (excluding diaryl/α,β-unsaturated/α-hetero) is 1. The number of carbonyl (C=O) groups is 5. The minimum Gasteiger partial charge on any atom is -0.452 e. The molecule has 3 aromatic carbocycles. The topological polar surface area (TPSA) is 110 Å². The number of fused-ring (bicyclic) bond motifs is 1. The summed E-state index contributed by atoms with van der Waals surface area (Å²) in [5, 5.41) is 2.56. The number of rotatable bonds is 6. The van der Waals surface area contributed by atoms with Crippen molar-refractivity contribution in [2.75, 3.05) is 16.8 Å². The molecule has 33 heavy (non-hydrogen) atoms. The summed E-state index contributed by atoms with van der Waals surface area (Å²) in [6.45, 7) is 0.894. The van der Waals surface area contributed by atoms with Crippen molar-refractivity contribution in [1.82, 2.24) is 0 Å². The second-order valence-electron chi connectivity index (χ2n) is 7.30. The summed E-state index contributed by atoms with van der Waals surface area (Å²) >= 11 is 0. The molecule has 0 aliphatic carbocycles. The fraction of sp³-hybridized carbons (Fsp3) is 0.0800. The van der Waals surface area contributed by atoms with Crippen LogP contribution in [0.3, 0.4) is 0 Å². The first-order valence-corrected chi connectivity index (χ1v) is 10.0. The summed E-state index contributed by atoms with van der Waals surface area (Å²) < 4.78 is 5.03. The quantitative estimate of drug-likeness (QED) is 0.356. The first kappa shape index (κ1) is 21.6. The highest BCUT2D eigenvalue weighted by Crippen LogP contribution is 2.28. The van der Waals surface area contributed by atoms with Gasteiger partial charge < -0.3 is 10.1 Å². The normalized spacial score (nSPS) is 12.3. The molecule has 8 heteroatoms. The Bertz CT molecular complexity index is 1260. The number of anilines is 2. The Morgan fingerprint density at radius 2 is 1.45 bits per heavy atom. The summed E-state index contributed by atoms with van der Waals surface area (Å²) in [7, 11) is 0. The van der Waals surface area contributed by atoms with Gasteiger partial charge in [-0.15, -0.1) is 0 Å². The van der Waals surface area contributed by atoms with Crippen molar-refractivity contribution in [3.63, 3.8) is 0 Å². The van der Waals surface area contributed by atoms with Crippen LogP contribution in [0.25, 0.3) is 0 Å². The van der Waals surface area contributed by atoms with Crippen LogP contribution in [0, 0.1) is 0 Å². The molecule has 1 heterocycles. The van der Waals surface area contributed by atoms with Gasteiger partial charge in [0.2, 0.25) is 0 Å². The van der Waals surface area contributed by atoms with Crippen molar-refractivity contribution < 1.29 is 28.7 Å². The largest absolute Gasteiger partial charge is 0.452 e. The van der Waals surface area contributed by atoms with Gasteiger partial charge in [-0.2, -0.15) is 0 Å². The number of hydrogen-bond acceptors (Lipinski definition) is 6. The van der Waals surface area contributed by atoms with Gasteiger partial charge in [-0.25, -0.2) is 9.69 Å². The lowest BCUT2D eigenvalue weighted by molar-refractivity contribution is -0.119. The Labute approximate surface area is 188 Å². The maximum atomic E-state index is 12.6. The Balaban J connectivity index is 1.37. The predicted molar refractivity (Wildman–Crippen MR) is 119 cm³/mol. The lowest BCUT2D eigenvalue weighted by Gasteiger charge is -2.14. The van der Waals surface area contributed by atoms with E-state index in [1.54, 1.807) is 42.5 Å². The van der Waals surface area contributed by atoms with E-state index in [0.29, 0.717) is 28.1 Å². The van der Waals surface area contributed by atoms with Crippen LogP contribution in [0.1, 0.15) is 48.4 Å². The number of amides is 3. The van der Waals surface area contributed by atoms with E-state index in [-0.39, 0.29) is 11.3 Å². The van der Waals surface area contributed by atoms with Crippen LogP contribution in [0.15, 0.2) is 72.8 Å². The Morgan fingerprint density at radius 3 is 2.06 bits per heavy atom. The number of nitrogens with zero attached hydrogens (tertiary/aromatic N) is 1. The Morgan fingerprint density at radius 1 is 0.818 bits per heavy atom. The van der Waals surface area contributed by atoms with Crippen molar-refractivity contribution in [2.24, 2.45) is 0 Å². The Kier molecular flexibility index (Phi) is 5.82. The third-order valence-corrected chi connectivity index (χ3v) is 5.04. The van der Waals surface area contributed by atoms with E-state index in [1.807, 2.05) is 0 Å². The zero-order valence-corrected chi connectivity index (χ0v) is 17.5. The van der Waals surface area contributed by atoms with Crippen LogP contribution in [-0.4, -0.2) is 36.1 Å². The zero-order chi connectivity index (χ0) is 23.5. The molecule has 3 amide bonds. The number of carbonyl (C=O) groups excluding carboxylic acids is 5. The first-order chi connectivity index (χ1) is 15.8. The van der Waals surface area contributed by atoms with Crippen LogP contribution < -0.4 is 10.2 Å². The minimum atomic E-state index is -0.739. The van der Waals surface area contributed by atoms with Crippen molar-refractivity contribution in [3.05, 3.63) is 95.1 Å². The van der Waals surface area contributed by atoms with Crippen LogP contribution >= 0.6 is 0 Å². The molecule has 1 N–H and O–H groups in total. The van der Waals surface area contributed by atoms with E-state index in [4.69, 9.17) is 4.74 Å². The van der Waals surface area contributed by atoms with E-state index in [0.717, 1.165) is 4.90 Å². The number of esters is 1. The minimum absolute atomic E-state index is 0.137. The van der Waals surface area contributed by atoms with Crippen molar-refractivity contribution in [1.29, 1.82) is 0 Å². The predicted octanol–water partition coefficient (Wildman–Crippen LogP) is 3.49. The first-order valence-electron chi connectivity index (χ1n) is 10.0. The smallest absolute Gasteiger partial charge is 0.338 e. The van der Waals surface area contributed by atoms with Gasteiger partial charge in [0.15, 0.2) is 12.4 Å². The van der Waals surface area contributed by atoms with Crippen molar-refractivity contribution in [3.8, 4) is 0 Å². The second-order valence-corrected chi connectivity index (χ2v) is 7.30. The third-order valence-electron chi connectivity index (χ3n) is 5.04. The van der Waals surface area contributed by atoms with E-state index in [2.05, 4.69) is 5.32 Å². The van der Waals surface area contributed by atoms with Gasteiger partial charge in [0, 0.05) is 11.3 Å². The number of ketones is 1. The van der Waals surface area contributed by atoms with Crippen LogP contribution in [0.4, 0.5) is 11.4 Å². The van der Waals surface area contributed by atoms with Crippen molar-refractivity contribution in [2.45, 2.75) is 6.92 Å². The molecule has 0 unspecified atom stereocenters. The highest BCUT2D eigenvalue weighted by atomic mass is 16.5. The monoisotopic (exact) mass is 442 g/mol. The third kappa shape index (κ3) is 4.40. The van der Waals surface area contributed by atoms with Gasteiger partial charge in [0.1, 0.15) is 0 Å². The zero-order valence-electron chi connectivity index (χ0n) is 17.5. The highest BCUT2D eigenvalue weighted by Gasteiger charge is 2.36. The molecule has 0 saturated heterocycles. The summed E-state index contributed by atoms with van der Waals surface area (Å²) in [4.78, 5) is 62.0. The van der Waals surface area contributed by atoms with Crippen LogP contribution in [0.2, 0.25) is 0 Å². The van der Waals surface area contributed by atoms with E-state index < -0.39 is 30.3 Å². The maximum absolute atomic E-state index is 12.6. The molecule has 0 spiro atoms. The average Bonchev–Trinajstić information content (AvgIpc) is 3.08. The Hall–Kier alpha value is -4.59. The van der Waals surface area contributed by atoms with Crippen LogP contribution in [0.5, 0.6) is 0 Å². The molecule has 0 saturated carbocycles. The maximum Gasteiger partial charge on any atom is 0.338 e. The van der Waals surface area contributed by atoms with Crippen LogP contribution in [-0.2, 0) is 9.53 Å². The second kappa shape index (κ2) is 8.88. The molecule has 0 bridgehead atoms. The molecular formula is C25H18N2O6. The van der Waals surface area contributed by atoms with E-state index in [1.165, 1.54) is 37.3 Å². The van der Waals surface area contributed by atoms with Gasteiger partial charge in [-0.05, 0) is 55.5 Å². The van der Waals surface area contributed by atoms with E-state index in [9.17, 15) is 24.0 Å². The number of imide groups is 1. The number of ether oxygens (including phenoxy) is 1. The number of nitrogens with one attached hydrogen (secondary N) is 1. The molecule has 0 aromatic heterocycles. The molecular weight excluding hydrogens is 424 g/mol. The molecule has 0 atom stereocenters. The average molecular weight is 442 g/mol. The molecule has 8 nitrogen and oxygen atoms in total. The van der Waals surface area contributed by atoms with Crippen molar-refractivity contribution >= 4 is 40.8 Å². The number of hydrogen-bond donors (Lipinski definition) is 1. The van der Waals surface area contributed by atoms with Gasteiger partial charge >= 0.3 is 5.97 Å². The lowest BCUT2D eigenvalue weighted by atomic mass is 10.1. The summed E-state index contributed by atoms with van der Waals surface area (Å²) in [5.74, 6) is -2.31. The van der Waals surface area contributed by atoms with Gasteiger partial charge in [-0.3, -0.25) is 19.2 Å². The number of benzene rings is 3. The molecule has 1 aliphatic heterocycles. The van der Waals surface area contributed by atoms with Gasteiger partial charge in [0.25, 0.3) is 17.7 Å². The molecule has 0 radical (unpaired) electrons.